The number of imide groups is 1. The lowest BCUT2D eigenvalue weighted by molar-refractivity contribution is 0.0428. The van der Waals surface area contributed by atoms with Gasteiger partial charge >= 0.3 is 12.2 Å². The van der Waals surface area contributed by atoms with Crippen molar-refractivity contribution in [1.29, 1.82) is 0 Å². The highest BCUT2D eigenvalue weighted by atomic mass is 16.6. The molecular formula is C28H35N7O6. The molecule has 3 rings (SSSR count). The first-order valence-corrected chi connectivity index (χ1v) is 12.9. The van der Waals surface area contributed by atoms with E-state index in [0.29, 0.717) is 28.3 Å². The summed E-state index contributed by atoms with van der Waals surface area (Å²) in [5.41, 5.74) is -0.477. The van der Waals surface area contributed by atoms with Crippen molar-refractivity contribution in [3.63, 3.8) is 0 Å². The van der Waals surface area contributed by atoms with Gasteiger partial charge in [-0.2, -0.15) is 4.90 Å². The van der Waals surface area contributed by atoms with Crippen LogP contribution in [0, 0.1) is 6.92 Å². The van der Waals surface area contributed by atoms with Gasteiger partial charge in [-0.05, 0) is 60.1 Å². The number of aryl methyl sites for hydroxylation is 2. The average molecular weight is 566 g/mol. The summed E-state index contributed by atoms with van der Waals surface area (Å²) in [5.74, 6) is -0.252. The summed E-state index contributed by atoms with van der Waals surface area (Å²) in [7, 11) is 1.54. The van der Waals surface area contributed by atoms with E-state index >= 15 is 0 Å². The Morgan fingerprint density at radius 1 is 0.951 bits per heavy atom. The van der Waals surface area contributed by atoms with Gasteiger partial charge in [-0.1, -0.05) is 6.92 Å². The summed E-state index contributed by atoms with van der Waals surface area (Å²) in [6.07, 6.45) is 2.22. The fourth-order valence-electron chi connectivity index (χ4n) is 3.48. The maximum Gasteiger partial charge on any atom is 0.425 e. The molecular weight excluding hydrogens is 530 g/mol. The number of carbonyl (C=O) groups is 3. The Kier molecular flexibility index (Phi) is 8.90. The van der Waals surface area contributed by atoms with Gasteiger partial charge < -0.3 is 19.4 Å². The Morgan fingerprint density at radius 2 is 1.56 bits per heavy atom. The van der Waals surface area contributed by atoms with Crippen LogP contribution in [-0.4, -0.2) is 53.7 Å². The summed E-state index contributed by atoms with van der Waals surface area (Å²) >= 11 is 0. The number of hydrogen-bond donors (Lipinski definition) is 1. The first-order chi connectivity index (χ1) is 19.0. The average Bonchev–Trinajstić information content (AvgIpc) is 2.85. The van der Waals surface area contributed by atoms with Crippen molar-refractivity contribution in [3.05, 3.63) is 52.6 Å². The van der Waals surface area contributed by atoms with Crippen molar-refractivity contribution >= 4 is 35.2 Å². The van der Waals surface area contributed by atoms with Crippen molar-refractivity contribution in [3.8, 4) is 11.4 Å². The van der Waals surface area contributed by atoms with E-state index in [2.05, 4.69) is 25.3 Å². The van der Waals surface area contributed by atoms with Crippen LogP contribution in [0.25, 0.3) is 11.4 Å². The summed E-state index contributed by atoms with van der Waals surface area (Å²) in [6.45, 7) is 13.5. The number of hydrogen-bond acceptors (Lipinski definition) is 11. The number of ketones is 1. The Labute approximate surface area is 238 Å². The van der Waals surface area contributed by atoms with E-state index < -0.39 is 28.9 Å². The fourth-order valence-corrected chi connectivity index (χ4v) is 3.48. The Bertz CT molecular complexity index is 1510. The zero-order valence-corrected chi connectivity index (χ0v) is 24.7. The molecule has 0 atom stereocenters. The first-order valence-electron chi connectivity index (χ1n) is 12.9. The van der Waals surface area contributed by atoms with E-state index in [-0.39, 0.29) is 28.7 Å². The Morgan fingerprint density at radius 3 is 2.10 bits per heavy atom. The van der Waals surface area contributed by atoms with Gasteiger partial charge in [0.1, 0.15) is 34.6 Å². The lowest BCUT2D eigenvalue weighted by atomic mass is 10.1. The first kappa shape index (κ1) is 30.9. The molecule has 13 heteroatoms. The summed E-state index contributed by atoms with van der Waals surface area (Å²) < 4.78 is 12.1. The lowest BCUT2D eigenvalue weighted by Crippen LogP contribution is -2.44. The largest absolute Gasteiger partial charge is 0.443 e. The van der Waals surface area contributed by atoms with Crippen LogP contribution in [-0.2, 0) is 16.5 Å². The summed E-state index contributed by atoms with van der Waals surface area (Å²) in [6, 6.07) is 2.96. The maximum absolute atomic E-state index is 13.2. The molecule has 2 amide bonds. The van der Waals surface area contributed by atoms with Crippen molar-refractivity contribution in [2.75, 3.05) is 10.2 Å². The number of rotatable bonds is 6. The number of pyridine rings is 1. The molecule has 0 fully saturated rings. The van der Waals surface area contributed by atoms with Gasteiger partial charge in [-0.3, -0.25) is 14.6 Å². The molecule has 0 aliphatic heterocycles. The number of amides is 2. The van der Waals surface area contributed by atoms with E-state index in [1.807, 2.05) is 0 Å². The van der Waals surface area contributed by atoms with Gasteiger partial charge in [0.05, 0.1) is 23.9 Å². The van der Waals surface area contributed by atoms with Crippen molar-refractivity contribution in [2.45, 2.75) is 73.0 Å². The van der Waals surface area contributed by atoms with Crippen LogP contribution in [0.15, 0.2) is 35.8 Å². The van der Waals surface area contributed by atoms with E-state index in [1.54, 1.807) is 61.5 Å². The van der Waals surface area contributed by atoms with E-state index in [9.17, 15) is 19.2 Å². The second-order valence-electron chi connectivity index (χ2n) is 11.2. The van der Waals surface area contributed by atoms with Gasteiger partial charge in [0.2, 0.25) is 0 Å². The molecule has 0 aliphatic rings. The van der Waals surface area contributed by atoms with Crippen molar-refractivity contribution < 1.29 is 23.9 Å². The minimum atomic E-state index is -1.00. The van der Waals surface area contributed by atoms with Crippen molar-refractivity contribution in [2.24, 2.45) is 7.05 Å². The molecule has 0 aromatic carbocycles. The highest BCUT2D eigenvalue weighted by Crippen LogP contribution is 2.28. The molecule has 0 bridgehead atoms. The second kappa shape index (κ2) is 11.8. The molecule has 0 saturated carbocycles. The highest BCUT2D eigenvalue weighted by molar-refractivity contribution is 6.09. The fraction of sp³-hybridized carbons (Fsp3) is 0.429. The van der Waals surface area contributed by atoms with Gasteiger partial charge in [-0.15, -0.1) is 0 Å². The molecule has 0 spiro atoms. The lowest BCUT2D eigenvalue weighted by Gasteiger charge is -2.28. The zero-order chi connectivity index (χ0) is 30.7. The molecule has 3 aromatic heterocycles. The zero-order valence-electron chi connectivity index (χ0n) is 24.7. The molecule has 3 heterocycles. The molecule has 0 unspecified atom stereocenters. The van der Waals surface area contributed by atoms with E-state index in [4.69, 9.17) is 9.47 Å². The van der Waals surface area contributed by atoms with Crippen LogP contribution in [0.1, 0.15) is 70.9 Å². The molecule has 0 aliphatic carbocycles. The standard InChI is InChI=1S/C28H35N7O6/c1-10-20(36)17-11-16(2)19(13-29-17)33-23-22(32-15-34(9)24(23)37)18-12-21(31-14-30-18)35(25(38)40-27(3,4)5)26(39)41-28(6,7)8/h11-15,33H,10H2,1-9H3. The number of nitrogens with zero attached hydrogens (tertiary/aromatic N) is 6. The predicted octanol–water partition coefficient (Wildman–Crippen LogP) is 4.95. The normalized spacial score (nSPS) is 11.5. The molecule has 1 N–H and O–H groups in total. The third-order valence-electron chi connectivity index (χ3n) is 5.38. The maximum atomic E-state index is 13.2. The minimum absolute atomic E-state index is 0.0557. The number of nitrogens with one attached hydrogen (secondary N) is 1. The Hall–Kier alpha value is -4.68. The number of anilines is 3. The smallest absolute Gasteiger partial charge is 0.425 e. The SMILES string of the molecule is CCC(=O)c1cc(C)c(Nc2c(-c3cc(N(C(=O)OC(C)(C)C)C(=O)OC(C)(C)C)ncn3)ncn(C)c2=O)cn1. The minimum Gasteiger partial charge on any atom is -0.443 e. The number of aromatic nitrogens is 5. The molecule has 41 heavy (non-hydrogen) atoms. The van der Waals surface area contributed by atoms with Gasteiger partial charge in [0.15, 0.2) is 11.6 Å². The molecule has 3 aromatic rings. The molecule has 218 valence electrons. The monoisotopic (exact) mass is 565 g/mol. The number of ether oxygens (including phenoxy) is 2. The van der Waals surface area contributed by atoms with Crippen LogP contribution in [0.2, 0.25) is 0 Å². The van der Waals surface area contributed by atoms with Gasteiger partial charge in [0.25, 0.3) is 5.56 Å². The second-order valence-corrected chi connectivity index (χ2v) is 11.2. The van der Waals surface area contributed by atoms with Gasteiger partial charge in [0, 0.05) is 19.5 Å². The highest BCUT2D eigenvalue weighted by Gasteiger charge is 2.34. The third kappa shape index (κ3) is 7.71. The number of Topliss-reactive ketones (excluding diaryl/α,β-unsaturated/α-hetero) is 1. The van der Waals surface area contributed by atoms with Crippen LogP contribution in [0.4, 0.5) is 26.8 Å². The molecule has 0 radical (unpaired) electrons. The quantitative estimate of drug-likeness (QED) is 0.403. The van der Waals surface area contributed by atoms with Crippen molar-refractivity contribution in [1.82, 2.24) is 24.5 Å². The third-order valence-corrected chi connectivity index (χ3v) is 5.38. The van der Waals surface area contributed by atoms with Crippen LogP contribution in [0.5, 0.6) is 0 Å². The topological polar surface area (TPSA) is 158 Å². The molecule has 13 nitrogen and oxygen atoms in total. The molecule has 0 saturated heterocycles. The van der Waals surface area contributed by atoms with Crippen LogP contribution < -0.4 is 15.8 Å². The predicted molar refractivity (Wildman–Crippen MR) is 152 cm³/mol. The Balaban J connectivity index is 2.11. The van der Waals surface area contributed by atoms with Crippen LogP contribution in [0.3, 0.4) is 0 Å². The number of carbonyl (C=O) groups excluding carboxylic acids is 3. The van der Waals surface area contributed by atoms with Crippen LogP contribution >= 0.6 is 0 Å². The van der Waals surface area contributed by atoms with E-state index in [1.165, 1.54) is 30.2 Å². The van der Waals surface area contributed by atoms with E-state index in [0.717, 1.165) is 6.33 Å². The van der Waals surface area contributed by atoms with Gasteiger partial charge in [-0.25, -0.2) is 24.5 Å². The summed E-state index contributed by atoms with van der Waals surface area (Å²) in [5, 5.41) is 3.06. The summed E-state index contributed by atoms with van der Waals surface area (Å²) in [4.78, 5) is 69.2.